The molecule has 0 atom stereocenters. The molecule has 0 radical (unpaired) electrons. The number of oxime groups is 1. The van der Waals surface area contributed by atoms with Crippen LogP contribution in [0.4, 0.5) is 0 Å². The number of nitrogens with zero attached hydrogens (tertiary/aromatic N) is 2. The first-order chi connectivity index (χ1) is 9.10. The van der Waals surface area contributed by atoms with Crippen LogP contribution in [0.2, 0.25) is 0 Å². The molecule has 0 fully saturated rings. The van der Waals surface area contributed by atoms with E-state index >= 15 is 0 Å². The standard InChI is InChI=1S/C12H14N2O5/c1-2-3-4-19-12(17)10-9(11(15)16)5-8(6-13-10)7-14-18/h5-7,18H,2-4H2,1H3,(H,15,16). The second-order valence-electron chi connectivity index (χ2n) is 3.70. The quantitative estimate of drug-likeness (QED) is 0.266. The normalized spacial score (nSPS) is 10.6. The Kier molecular flexibility index (Phi) is 5.46. The van der Waals surface area contributed by atoms with Gasteiger partial charge >= 0.3 is 11.9 Å². The first-order valence-corrected chi connectivity index (χ1v) is 5.68. The average molecular weight is 266 g/mol. The predicted molar refractivity (Wildman–Crippen MR) is 65.8 cm³/mol. The number of esters is 1. The van der Waals surface area contributed by atoms with Gasteiger partial charge in [-0.3, -0.25) is 0 Å². The number of ether oxygens (including phenoxy) is 1. The second-order valence-corrected chi connectivity index (χ2v) is 3.70. The maximum Gasteiger partial charge on any atom is 0.357 e. The van der Waals surface area contributed by atoms with Crippen LogP contribution < -0.4 is 0 Å². The van der Waals surface area contributed by atoms with E-state index in [0.29, 0.717) is 6.42 Å². The molecule has 0 saturated carbocycles. The third-order valence-corrected chi connectivity index (χ3v) is 2.27. The first kappa shape index (κ1) is 14.6. The Morgan fingerprint density at radius 1 is 1.53 bits per heavy atom. The van der Waals surface area contributed by atoms with E-state index in [0.717, 1.165) is 12.6 Å². The average Bonchev–Trinajstić information content (AvgIpc) is 2.39. The van der Waals surface area contributed by atoms with Gasteiger partial charge in [0.1, 0.15) is 0 Å². The van der Waals surface area contributed by atoms with Crippen LogP contribution in [0.5, 0.6) is 0 Å². The molecule has 0 amide bonds. The molecule has 102 valence electrons. The van der Waals surface area contributed by atoms with E-state index < -0.39 is 11.9 Å². The molecule has 1 aromatic rings. The number of pyridine rings is 1. The van der Waals surface area contributed by atoms with Crippen molar-refractivity contribution in [2.24, 2.45) is 5.16 Å². The minimum absolute atomic E-state index is 0.218. The fourth-order valence-corrected chi connectivity index (χ4v) is 1.32. The van der Waals surface area contributed by atoms with Gasteiger partial charge in [0.05, 0.1) is 18.4 Å². The molecular formula is C12H14N2O5. The van der Waals surface area contributed by atoms with Gasteiger partial charge in [0.15, 0.2) is 5.69 Å². The minimum Gasteiger partial charge on any atom is -0.478 e. The molecule has 1 heterocycles. The molecular weight excluding hydrogens is 252 g/mol. The van der Waals surface area contributed by atoms with Crippen molar-refractivity contribution in [1.29, 1.82) is 0 Å². The molecule has 0 spiro atoms. The summed E-state index contributed by atoms with van der Waals surface area (Å²) < 4.78 is 4.91. The Labute approximate surface area is 109 Å². The fourth-order valence-electron chi connectivity index (χ4n) is 1.32. The SMILES string of the molecule is CCCCOC(=O)c1ncc(C=NO)cc1C(=O)O. The van der Waals surface area contributed by atoms with E-state index in [2.05, 4.69) is 10.1 Å². The minimum atomic E-state index is -1.30. The highest BCUT2D eigenvalue weighted by Gasteiger charge is 2.19. The highest BCUT2D eigenvalue weighted by molar-refractivity contribution is 6.02. The lowest BCUT2D eigenvalue weighted by molar-refractivity contribution is 0.0482. The summed E-state index contributed by atoms with van der Waals surface area (Å²) in [6.07, 6.45) is 3.80. The maximum atomic E-state index is 11.7. The van der Waals surface area contributed by atoms with Crippen LogP contribution in [0.1, 0.15) is 46.2 Å². The van der Waals surface area contributed by atoms with Crippen molar-refractivity contribution in [2.75, 3.05) is 6.61 Å². The Hall–Kier alpha value is -2.44. The van der Waals surface area contributed by atoms with Crippen LogP contribution in [-0.4, -0.2) is 40.1 Å². The summed E-state index contributed by atoms with van der Waals surface area (Å²) in [5, 5.41) is 20.2. The number of carboxylic acid groups (broad SMARTS) is 1. The lowest BCUT2D eigenvalue weighted by Crippen LogP contribution is -2.15. The van der Waals surface area contributed by atoms with E-state index in [9.17, 15) is 9.59 Å². The number of hydrogen-bond acceptors (Lipinski definition) is 6. The topological polar surface area (TPSA) is 109 Å². The van der Waals surface area contributed by atoms with Crippen LogP contribution in [0.3, 0.4) is 0 Å². The van der Waals surface area contributed by atoms with Crippen LogP contribution in [0.25, 0.3) is 0 Å². The van der Waals surface area contributed by atoms with E-state index in [1.165, 1.54) is 12.3 Å². The van der Waals surface area contributed by atoms with Crippen LogP contribution >= 0.6 is 0 Å². The van der Waals surface area contributed by atoms with Crippen LogP contribution in [0.15, 0.2) is 17.4 Å². The zero-order chi connectivity index (χ0) is 14.3. The Morgan fingerprint density at radius 3 is 2.84 bits per heavy atom. The van der Waals surface area contributed by atoms with E-state index in [1.807, 2.05) is 6.92 Å². The summed E-state index contributed by atoms with van der Waals surface area (Å²) in [5.41, 5.74) is -0.289. The second kappa shape index (κ2) is 7.10. The molecule has 0 saturated heterocycles. The van der Waals surface area contributed by atoms with Crippen molar-refractivity contribution in [2.45, 2.75) is 19.8 Å². The molecule has 0 aliphatic heterocycles. The number of hydrogen-bond donors (Lipinski definition) is 2. The van der Waals surface area contributed by atoms with Gasteiger partial charge in [0.25, 0.3) is 0 Å². The number of rotatable bonds is 6. The molecule has 0 aliphatic carbocycles. The molecule has 1 rings (SSSR count). The molecule has 0 bridgehead atoms. The third kappa shape index (κ3) is 4.06. The number of carboxylic acids is 1. The number of aromatic carboxylic acids is 1. The van der Waals surface area contributed by atoms with Gasteiger partial charge in [-0.2, -0.15) is 0 Å². The van der Waals surface area contributed by atoms with Crippen molar-refractivity contribution < 1.29 is 24.6 Å². The molecule has 7 nitrogen and oxygen atoms in total. The van der Waals surface area contributed by atoms with Gasteiger partial charge < -0.3 is 15.1 Å². The van der Waals surface area contributed by atoms with Gasteiger partial charge in [0, 0.05) is 11.8 Å². The summed E-state index contributed by atoms with van der Waals surface area (Å²) in [7, 11) is 0. The summed E-state index contributed by atoms with van der Waals surface area (Å²) in [5.74, 6) is -2.08. The molecule has 7 heteroatoms. The monoisotopic (exact) mass is 266 g/mol. The first-order valence-electron chi connectivity index (χ1n) is 5.68. The van der Waals surface area contributed by atoms with Crippen molar-refractivity contribution in [3.63, 3.8) is 0 Å². The molecule has 1 aromatic heterocycles. The summed E-state index contributed by atoms with van der Waals surface area (Å²) in [6.45, 7) is 2.16. The highest BCUT2D eigenvalue weighted by atomic mass is 16.5. The number of unbranched alkanes of at least 4 members (excludes halogenated alkanes) is 1. The fraction of sp³-hybridized carbons (Fsp3) is 0.333. The largest absolute Gasteiger partial charge is 0.478 e. The molecule has 2 N–H and O–H groups in total. The summed E-state index contributed by atoms with van der Waals surface area (Å²) in [4.78, 5) is 26.5. The van der Waals surface area contributed by atoms with Gasteiger partial charge in [0.2, 0.25) is 0 Å². The van der Waals surface area contributed by atoms with Crippen molar-refractivity contribution >= 4 is 18.2 Å². The zero-order valence-corrected chi connectivity index (χ0v) is 10.4. The van der Waals surface area contributed by atoms with Crippen molar-refractivity contribution in [3.8, 4) is 0 Å². The van der Waals surface area contributed by atoms with Gasteiger partial charge in [-0.15, -0.1) is 0 Å². The Balaban J connectivity index is 2.99. The Bertz CT molecular complexity index is 499. The van der Waals surface area contributed by atoms with Crippen LogP contribution in [0, 0.1) is 0 Å². The van der Waals surface area contributed by atoms with E-state index in [1.54, 1.807) is 0 Å². The smallest absolute Gasteiger partial charge is 0.357 e. The van der Waals surface area contributed by atoms with Crippen LogP contribution in [-0.2, 0) is 4.74 Å². The molecule has 0 unspecified atom stereocenters. The highest BCUT2D eigenvalue weighted by Crippen LogP contribution is 2.10. The zero-order valence-electron chi connectivity index (χ0n) is 10.4. The molecule has 0 aromatic carbocycles. The van der Waals surface area contributed by atoms with Gasteiger partial charge in [-0.1, -0.05) is 18.5 Å². The lowest BCUT2D eigenvalue weighted by Gasteiger charge is -2.06. The molecule has 19 heavy (non-hydrogen) atoms. The summed E-state index contributed by atoms with van der Waals surface area (Å²) >= 11 is 0. The van der Waals surface area contributed by atoms with E-state index in [-0.39, 0.29) is 23.4 Å². The number of aromatic nitrogens is 1. The van der Waals surface area contributed by atoms with E-state index in [4.69, 9.17) is 15.1 Å². The third-order valence-electron chi connectivity index (χ3n) is 2.27. The predicted octanol–water partition coefficient (Wildman–Crippen LogP) is 1.54. The number of carbonyl (C=O) groups is 2. The number of carbonyl (C=O) groups excluding carboxylic acids is 1. The molecule has 0 aliphatic rings. The van der Waals surface area contributed by atoms with Crippen molar-refractivity contribution in [1.82, 2.24) is 4.98 Å². The van der Waals surface area contributed by atoms with Gasteiger partial charge in [-0.05, 0) is 12.5 Å². The van der Waals surface area contributed by atoms with Crippen molar-refractivity contribution in [3.05, 3.63) is 29.1 Å². The maximum absolute atomic E-state index is 11.7. The summed E-state index contributed by atoms with van der Waals surface area (Å²) in [6, 6.07) is 1.19. The van der Waals surface area contributed by atoms with Gasteiger partial charge in [-0.25, -0.2) is 14.6 Å². The Morgan fingerprint density at radius 2 is 2.26 bits per heavy atom. The lowest BCUT2D eigenvalue weighted by atomic mass is 10.1.